The van der Waals surface area contributed by atoms with E-state index in [1.54, 1.807) is 7.11 Å². The molecule has 122 valence electrons. The molecule has 21 heavy (non-hydrogen) atoms. The molecule has 2 rings (SSSR count). The fraction of sp³-hybridized carbons (Fsp3) is 0.938. The number of hydrogen-bond donors (Lipinski definition) is 1. The van der Waals surface area contributed by atoms with Crippen LogP contribution in [0.1, 0.15) is 32.1 Å². The van der Waals surface area contributed by atoms with E-state index in [-0.39, 0.29) is 0 Å². The van der Waals surface area contributed by atoms with Crippen molar-refractivity contribution in [3.8, 4) is 0 Å². The average molecular weight is 297 g/mol. The Hall–Kier alpha value is -0.650. The molecule has 0 unspecified atom stereocenters. The monoisotopic (exact) mass is 297 g/mol. The molecule has 2 fully saturated rings. The van der Waals surface area contributed by atoms with E-state index in [1.165, 1.54) is 12.8 Å². The zero-order chi connectivity index (χ0) is 14.9. The average Bonchev–Trinajstić information content (AvgIpc) is 2.77. The van der Waals surface area contributed by atoms with Crippen molar-refractivity contribution in [3.63, 3.8) is 0 Å². The van der Waals surface area contributed by atoms with Crippen LogP contribution in [0, 0.1) is 5.92 Å². The number of carbonyl (C=O) groups is 1. The van der Waals surface area contributed by atoms with Gasteiger partial charge in [0.05, 0.1) is 6.61 Å². The summed E-state index contributed by atoms with van der Waals surface area (Å²) in [5, 5.41) is 3.38. The van der Waals surface area contributed by atoms with Crippen molar-refractivity contribution >= 4 is 5.91 Å². The van der Waals surface area contributed by atoms with Crippen molar-refractivity contribution < 1.29 is 9.53 Å². The molecule has 2 heterocycles. The minimum Gasteiger partial charge on any atom is -0.383 e. The maximum absolute atomic E-state index is 12.4. The van der Waals surface area contributed by atoms with E-state index in [9.17, 15) is 4.79 Å². The number of hydrogen-bond acceptors (Lipinski definition) is 4. The Bertz CT molecular complexity index is 306. The van der Waals surface area contributed by atoms with Crippen molar-refractivity contribution in [3.05, 3.63) is 0 Å². The van der Waals surface area contributed by atoms with Crippen LogP contribution in [0.15, 0.2) is 0 Å². The number of nitrogens with one attached hydrogen (secondary N) is 1. The second-order valence-electron chi connectivity index (χ2n) is 6.30. The predicted molar refractivity (Wildman–Crippen MR) is 84.3 cm³/mol. The first-order valence-corrected chi connectivity index (χ1v) is 8.49. The van der Waals surface area contributed by atoms with Crippen molar-refractivity contribution in [2.24, 2.45) is 5.92 Å². The molecule has 1 amide bonds. The molecule has 0 aromatic carbocycles. The summed E-state index contributed by atoms with van der Waals surface area (Å²) in [7, 11) is 1.74. The standard InChI is InChI=1S/C16H31N3O2/c1-21-14-13-18-9-2-10-19(12-11-18)16(20)4-3-15-5-7-17-8-6-15/h15,17H,2-14H2,1H3. The summed E-state index contributed by atoms with van der Waals surface area (Å²) in [6.07, 6.45) is 5.37. The van der Waals surface area contributed by atoms with Gasteiger partial charge in [0.15, 0.2) is 0 Å². The van der Waals surface area contributed by atoms with Gasteiger partial charge in [0.25, 0.3) is 0 Å². The lowest BCUT2D eigenvalue weighted by molar-refractivity contribution is -0.131. The molecule has 5 nitrogen and oxygen atoms in total. The van der Waals surface area contributed by atoms with Gasteiger partial charge in [-0.05, 0) is 51.2 Å². The maximum atomic E-state index is 12.4. The summed E-state index contributed by atoms with van der Waals surface area (Å²) in [5.41, 5.74) is 0. The Balaban J connectivity index is 1.67. The molecule has 2 aliphatic heterocycles. The van der Waals surface area contributed by atoms with E-state index in [4.69, 9.17) is 4.74 Å². The van der Waals surface area contributed by atoms with Gasteiger partial charge in [-0.1, -0.05) is 0 Å². The number of amides is 1. The number of carbonyl (C=O) groups excluding carboxylic acids is 1. The van der Waals surface area contributed by atoms with Crippen LogP contribution in [-0.2, 0) is 9.53 Å². The molecule has 2 aliphatic rings. The fourth-order valence-electron chi connectivity index (χ4n) is 3.32. The lowest BCUT2D eigenvalue weighted by Gasteiger charge is -2.25. The molecule has 0 atom stereocenters. The van der Waals surface area contributed by atoms with E-state index in [2.05, 4.69) is 15.1 Å². The topological polar surface area (TPSA) is 44.8 Å². The molecule has 0 saturated carbocycles. The molecule has 1 N–H and O–H groups in total. The third-order valence-electron chi connectivity index (χ3n) is 4.78. The number of ether oxygens (including phenoxy) is 1. The molecule has 0 aromatic heterocycles. The summed E-state index contributed by atoms with van der Waals surface area (Å²) in [6.45, 7) is 7.89. The van der Waals surface area contributed by atoms with Crippen LogP contribution < -0.4 is 5.32 Å². The highest BCUT2D eigenvalue weighted by Gasteiger charge is 2.20. The first-order chi connectivity index (χ1) is 10.3. The minimum absolute atomic E-state index is 0.363. The molecular formula is C16H31N3O2. The number of rotatable bonds is 6. The molecule has 2 saturated heterocycles. The van der Waals surface area contributed by atoms with Gasteiger partial charge in [0.2, 0.25) is 5.91 Å². The third kappa shape index (κ3) is 5.93. The molecule has 5 heteroatoms. The second-order valence-corrected chi connectivity index (χ2v) is 6.30. The Morgan fingerprint density at radius 1 is 1.19 bits per heavy atom. The Morgan fingerprint density at radius 2 is 2.00 bits per heavy atom. The first kappa shape index (κ1) is 16.7. The van der Waals surface area contributed by atoms with Crippen LogP contribution in [-0.4, -0.2) is 75.2 Å². The van der Waals surface area contributed by atoms with Gasteiger partial charge in [-0.25, -0.2) is 0 Å². The Labute approximate surface area is 129 Å². The van der Waals surface area contributed by atoms with Crippen LogP contribution in [0.3, 0.4) is 0 Å². The smallest absolute Gasteiger partial charge is 0.222 e. The Kier molecular flexibility index (Phi) is 7.47. The van der Waals surface area contributed by atoms with E-state index in [0.717, 1.165) is 77.6 Å². The quantitative estimate of drug-likeness (QED) is 0.793. The maximum Gasteiger partial charge on any atom is 0.222 e. The number of nitrogens with zero attached hydrogens (tertiary/aromatic N) is 2. The van der Waals surface area contributed by atoms with E-state index >= 15 is 0 Å². The third-order valence-corrected chi connectivity index (χ3v) is 4.78. The van der Waals surface area contributed by atoms with Gasteiger partial charge in [-0.3, -0.25) is 9.69 Å². The van der Waals surface area contributed by atoms with Gasteiger partial charge in [0, 0.05) is 39.7 Å². The van der Waals surface area contributed by atoms with Crippen LogP contribution in [0.4, 0.5) is 0 Å². The van der Waals surface area contributed by atoms with E-state index < -0.39 is 0 Å². The molecule has 0 radical (unpaired) electrons. The van der Waals surface area contributed by atoms with Crippen LogP contribution >= 0.6 is 0 Å². The molecule has 0 bridgehead atoms. The summed E-state index contributed by atoms with van der Waals surface area (Å²) < 4.78 is 5.14. The van der Waals surface area contributed by atoms with Crippen molar-refractivity contribution in [1.29, 1.82) is 0 Å². The van der Waals surface area contributed by atoms with Crippen LogP contribution in [0.25, 0.3) is 0 Å². The second kappa shape index (κ2) is 9.38. The summed E-state index contributed by atoms with van der Waals surface area (Å²) in [5.74, 6) is 1.11. The molecular weight excluding hydrogens is 266 g/mol. The first-order valence-electron chi connectivity index (χ1n) is 8.49. The van der Waals surface area contributed by atoms with Gasteiger partial charge < -0.3 is 15.0 Å². The largest absolute Gasteiger partial charge is 0.383 e. The zero-order valence-corrected chi connectivity index (χ0v) is 13.5. The summed E-state index contributed by atoms with van der Waals surface area (Å²) >= 11 is 0. The highest BCUT2D eigenvalue weighted by Crippen LogP contribution is 2.18. The summed E-state index contributed by atoms with van der Waals surface area (Å²) in [6, 6.07) is 0. The lowest BCUT2D eigenvalue weighted by Crippen LogP contribution is -2.36. The van der Waals surface area contributed by atoms with E-state index in [1.807, 2.05) is 0 Å². The molecule has 0 aromatic rings. The van der Waals surface area contributed by atoms with Crippen LogP contribution in [0.2, 0.25) is 0 Å². The fourth-order valence-corrected chi connectivity index (χ4v) is 3.32. The van der Waals surface area contributed by atoms with Crippen molar-refractivity contribution in [2.45, 2.75) is 32.1 Å². The number of methoxy groups -OCH3 is 1. The highest BCUT2D eigenvalue weighted by molar-refractivity contribution is 5.76. The van der Waals surface area contributed by atoms with Gasteiger partial charge in [-0.15, -0.1) is 0 Å². The van der Waals surface area contributed by atoms with Gasteiger partial charge in [0.1, 0.15) is 0 Å². The zero-order valence-electron chi connectivity index (χ0n) is 13.5. The van der Waals surface area contributed by atoms with Gasteiger partial charge in [-0.2, -0.15) is 0 Å². The van der Waals surface area contributed by atoms with Gasteiger partial charge >= 0.3 is 0 Å². The lowest BCUT2D eigenvalue weighted by atomic mass is 9.93. The normalized spacial score (nSPS) is 22.2. The SMILES string of the molecule is COCCN1CCCN(C(=O)CCC2CCNCC2)CC1. The number of piperidine rings is 1. The highest BCUT2D eigenvalue weighted by atomic mass is 16.5. The predicted octanol–water partition coefficient (Wildman–Crippen LogP) is 0.947. The minimum atomic E-state index is 0.363. The van der Waals surface area contributed by atoms with Crippen molar-refractivity contribution in [2.75, 3.05) is 59.5 Å². The van der Waals surface area contributed by atoms with Crippen LogP contribution in [0.5, 0.6) is 0 Å². The summed E-state index contributed by atoms with van der Waals surface area (Å²) in [4.78, 5) is 16.9. The Morgan fingerprint density at radius 3 is 2.76 bits per heavy atom. The van der Waals surface area contributed by atoms with Crippen molar-refractivity contribution in [1.82, 2.24) is 15.1 Å². The molecule has 0 spiro atoms. The van der Waals surface area contributed by atoms with E-state index in [0.29, 0.717) is 5.91 Å². The molecule has 0 aliphatic carbocycles.